The number of alkyl halides is 1. The van der Waals surface area contributed by atoms with Gasteiger partial charge in [-0.2, -0.15) is 0 Å². The maximum atomic E-state index is 16.6. The fraction of sp³-hybridized carbons (Fsp3) is 0.477. The van der Waals surface area contributed by atoms with Crippen LogP contribution in [-0.2, 0) is 23.7 Å². The number of carbonyl (C=O) groups is 4. The molecule has 0 radical (unpaired) electrons. The number of thiophene rings is 1. The maximum absolute atomic E-state index is 16.6. The van der Waals surface area contributed by atoms with Gasteiger partial charge >= 0.3 is 13.5 Å². The van der Waals surface area contributed by atoms with Gasteiger partial charge in [0.1, 0.15) is 23.9 Å². The molecule has 318 valence electrons. The molecule has 1 saturated carbocycles. The second kappa shape index (κ2) is 17.3. The van der Waals surface area contributed by atoms with E-state index in [1.807, 2.05) is 38.2 Å². The minimum atomic E-state index is -4.44. The molecule has 4 aliphatic rings. The van der Waals surface area contributed by atoms with Crippen LogP contribution in [0, 0.1) is 11.8 Å². The maximum Gasteiger partial charge on any atom is 0.355 e. The SMILES string of the molecule is CCCOC(=O)[C@H](C)N[P@@](=O)(Oc1ccccc1)[C@@H](F)c1ccc2sc(C(=O)N[C@H]3C[C@@H]4C[C@@H]4C[C@H]4CC[C@@H](C(=O)N5CC(c6cnccc6N(C)C)C5)N4C3=O)cc2c1. The smallest absolute Gasteiger partial charge is 0.355 e. The van der Waals surface area contributed by atoms with Crippen LogP contribution in [0.3, 0.4) is 0 Å². The minimum Gasteiger partial charge on any atom is -0.465 e. The van der Waals surface area contributed by atoms with E-state index in [1.165, 1.54) is 30.4 Å². The van der Waals surface area contributed by atoms with E-state index in [-0.39, 0.29) is 41.7 Å². The summed E-state index contributed by atoms with van der Waals surface area (Å²) in [5.41, 5.74) is 2.22. The second-order valence-electron chi connectivity index (χ2n) is 16.8. The van der Waals surface area contributed by atoms with Crippen LogP contribution in [0.1, 0.15) is 85.0 Å². The van der Waals surface area contributed by atoms with Crippen molar-refractivity contribution in [1.82, 2.24) is 25.2 Å². The Balaban J connectivity index is 0.971. The number of ether oxygens (including phenoxy) is 1. The van der Waals surface area contributed by atoms with E-state index in [0.717, 1.165) is 30.5 Å². The first-order chi connectivity index (χ1) is 28.8. The lowest BCUT2D eigenvalue weighted by Gasteiger charge is -2.44. The summed E-state index contributed by atoms with van der Waals surface area (Å²) in [7, 11) is -0.460. The van der Waals surface area contributed by atoms with Crippen molar-refractivity contribution in [2.45, 2.75) is 88.4 Å². The number of nitrogens with zero attached hydrogens (tertiary/aromatic N) is 4. The predicted molar refractivity (Wildman–Crippen MR) is 228 cm³/mol. The van der Waals surface area contributed by atoms with Gasteiger partial charge in [-0.05, 0) is 105 Å². The molecule has 8 rings (SSSR count). The van der Waals surface area contributed by atoms with Crippen LogP contribution < -0.4 is 19.8 Å². The number of hydrogen-bond donors (Lipinski definition) is 2. The number of likely N-dealkylation sites (tertiary alicyclic amines) is 1. The molecule has 60 heavy (non-hydrogen) atoms. The lowest BCUT2D eigenvalue weighted by Crippen LogP contribution is -2.59. The van der Waals surface area contributed by atoms with Crippen molar-refractivity contribution in [2.24, 2.45) is 11.8 Å². The molecule has 5 heterocycles. The number of esters is 1. The molecular weight excluding hydrogens is 807 g/mol. The van der Waals surface area contributed by atoms with Crippen molar-refractivity contribution in [3.63, 3.8) is 0 Å². The van der Waals surface area contributed by atoms with Crippen molar-refractivity contribution >= 4 is 58.3 Å². The molecule has 4 aromatic rings. The summed E-state index contributed by atoms with van der Waals surface area (Å²) in [6.45, 7) is 4.59. The summed E-state index contributed by atoms with van der Waals surface area (Å²) in [4.78, 5) is 65.4. The van der Waals surface area contributed by atoms with Gasteiger partial charge in [-0.15, -0.1) is 11.3 Å². The third-order valence-electron chi connectivity index (χ3n) is 12.3. The number of anilines is 1. The number of fused-ring (bicyclic) bond motifs is 3. The third kappa shape index (κ3) is 8.53. The quantitative estimate of drug-likeness (QED) is 0.0998. The molecular formula is C44H52FN6O7PS. The topological polar surface area (TPSA) is 150 Å². The highest BCUT2D eigenvalue weighted by Gasteiger charge is 2.52. The zero-order valence-electron chi connectivity index (χ0n) is 34.3. The molecule has 0 spiro atoms. The van der Waals surface area contributed by atoms with Crippen LogP contribution in [-0.4, -0.2) is 96.4 Å². The fourth-order valence-corrected chi connectivity index (χ4v) is 11.8. The molecule has 8 atom stereocenters. The molecule has 2 N–H and O–H groups in total. The number of rotatable bonds is 14. The number of carbonyl (C=O) groups excluding carboxylic acids is 4. The number of amides is 3. The number of pyridine rings is 1. The first kappa shape index (κ1) is 41.9. The van der Waals surface area contributed by atoms with E-state index in [4.69, 9.17) is 9.26 Å². The van der Waals surface area contributed by atoms with Gasteiger partial charge in [0.15, 0.2) is 0 Å². The van der Waals surface area contributed by atoms with Gasteiger partial charge in [-0.25, -0.2) is 9.48 Å². The lowest BCUT2D eigenvalue weighted by molar-refractivity contribution is -0.149. The average molecular weight is 859 g/mol. The molecule has 3 aliphatic heterocycles. The number of hydrogen-bond acceptors (Lipinski definition) is 10. The number of nitrogens with one attached hydrogen (secondary N) is 2. The molecule has 2 aromatic heterocycles. The van der Waals surface area contributed by atoms with Crippen molar-refractivity contribution in [3.8, 4) is 5.75 Å². The van der Waals surface area contributed by atoms with Crippen LogP contribution in [0.5, 0.6) is 5.75 Å². The molecule has 2 aromatic carbocycles. The van der Waals surface area contributed by atoms with Gasteiger partial charge < -0.3 is 29.3 Å². The lowest BCUT2D eigenvalue weighted by atomic mass is 9.90. The zero-order valence-corrected chi connectivity index (χ0v) is 36.0. The summed E-state index contributed by atoms with van der Waals surface area (Å²) in [5, 5.41) is 6.17. The van der Waals surface area contributed by atoms with Crippen molar-refractivity contribution in [2.75, 3.05) is 38.7 Å². The van der Waals surface area contributed by atoms with E-state index >= 15 is 4.39 Å². The monoisotopic (exact) mass is 858 g/mol. The zero-order chi connectivity index (χ0) is 42.3. The van der Waals surface area contributed by atoms with Gasteiger partial charge in [-0.1, -0.05) is 31.2 Å². The highest BCUT2D eigenvalue weighted by atomic mass is 32.1. The Labute approximate surface area is 353 Å². The molecule has 3 amide bonds. The van der Waals surface area contributed by atoms with Crippen LogP contribution in [0.4, 0.5) is 10.1 Å². The molecule has 4 fully saturated rings. The Morgan fingerprint density at radius 3 is 2.55 bits per heavy atom. The third-order valence-corrected chi connectivity index (χ3v) is 15.5. The molecule has 0 unspecified atom stereocenters. The van der Waals surface area contributed by atoms with Gasteiger partial charge in [0, 0.05) is 67.5 Å². The highest BCUT2D eigenvalue weighted by molar-refractivity contribution is 7.57. The standard InChI is InChI=1S/C44H52FN6O7PS/c1-5-17-57-44(55)26(2)48-59(56,58-33-9-7-6-8-10-33)40(45)27-11-14-38-30(18-27)22-39(60-38)41(52)47-35-21-29-19-28(29)20-32-12-13-37(51(32)42(35)53)43(54)50-24-31(25-50)34-23-46-16-15-36(34)49(3)4/h6-11,14-16,18,22-23,26,28-29,31-32,35,37,40H,5,12-13,17,19-21,24-25H2,1-4H3,(H,47,52)(H,48,56)/t26-,28+,29-,32+,35-,37-,40+,59-/m0/s1. The van der Waals surface area contributed by atoms with Crippen LogP contribution >= 0.6 is 18.9 Å². The number of para-hydroxylation sites is 1. The molecule has 13 nitrogen and oxygen atoms in total. The molecule has 0 bridgehead atoms. The minimum absolute atomic E-state index is 0.0333. The average Bonchev–Trinajstić information content (AvgIpc) is 3.57. The van der Waals surface area contributed by atoms with Gasteiger partial charge in [0.25, 0.3) is 5.91 Å². The van der Waals surface area contributed by atoms with Gasteiger partial charge in [0.05, 0.1) is 11.5 Å². The summed E-state index contributed by atoms with van der Waals surface area (Å²) in [6, 6.07) is 13.9. The Bertz CT molecular complexity index is 2310. The van der Waals surface area contributed by atoms with Gasteiger partial charge in [0.2, 0.25) is 17.7 Å². The van der Waals surface area contributed by atoms with Crippen molar-refractivity contribution < 1.29 is 37.4 Å². The van der Waals surface area contributed by atoms with E-state index < -0.39 is 43.4 Å². The fourth-order valence-electron chi connectivity index (χ4n) is 8.99. The number of halogens is 1. The van der Waals surface area contributed by atoms with E-state index in [1.54, 1.807) is 53.6 Å². The van der Waals surface area contributed by atoms with Crippen molar-refractivity contribution in [3.05, 3.63) is 89.1 Å². The Morgan fingerprint density at radius 1 is 1.03 bits per heavy atom. The highest BCUT2D eigenvalue weighted by Crippen LogP contribution is 2.58. The van der Waals surface area contributed by atoms with E-state index in [9.17, 15) is 23.7 Å². The van der Waals surface area contributed by atoms with Crippen molar-refractivity contribution in [1.29, 1.82) is 0 Å². The number of benzene rings is 2. The van der Waals surface area contributed by atoms with Gasteiger partial charge in [-0.3, -0.25) is 28.7 Å². The first-order valence-electron chi connectivity index (χ1n) is 20.8. The normalized spacial score (nSPS) is 24.5. The predicted octanol–water partition coefficient (Wildman–Crippen LogP) is 7.05. The Morgan fingerprint density at radius 2 is 1.80 bits per heavy atom. The Kier molecular flexibility index (Phi) is 12.0. The summed E-state index contributed by atoms with van der Waals surface area (Å²) < 4.78 is 42.5. The van der Waals surface area contributed by atoms with Crippen LogP contribution in [0.2, 0.25) is 0 Å². The molecule has 1 aliphatic carbocycles. The summed E-state index contributed by atoms with van der Waals surface area (Å²) >= 11 is 1.20. The second-order valence-corrected chi connectivity index (χ2v) is 20.0. The van der Waals surface area contributed by atoms with Crippen LogP contribution in [0.25, 0.3) is 10.1 Å². The molecule has 3 saturated heterocycles. The number of aromatic nitrogens is 1. The van der Waals surface area contributed by atoms with E-state index in [2.05, 4.69) is 20.3 Å². The van der Waals surface area contributed by atoms with Crippen LogP contribution in [0.15, 0.2) is 73.1 Å². The Hall–Kier alpha value is -4.85. The molecule has 16 heteroatoms. The summed E-state index contributed by atoms with van der Waals surface area (Å²) in [6.07, 6.45) is 7.96. The largest absolute Gasteiger partial charge is 0.465 e. The first-order valence-corrected chi connectivity index (χ1v) is 23.3. The summed E-state index contributed by atoms with van der Waals surface area (Å²) in [5.74, 6) is -2.43. The van der Waals surface area contributed by atoms with E-state index in [0.29, 0.717) is 59.2 Å².